The third kappa shape index (κ3) is 3.54. The lowest BCUT2D eigenvalue weighted by molar-refractivity contribution is 0.898. The fourth-order valence-corrected chi connectivity index (χ4v) is 4.80. The van der Waals surface area contributed by atoms with E-state index in [0.29, 0.717) is 6.04 Å². The van der Waals surface area contributed by atoms with Crippen LogP contribution in [0.1, 0.15) is 13.8 Å². The van der Waals surface area contributed by atoms with Gasteiger partial charge >= 0.3 is 0 Å². The maximum Gasteiger partial charge on any atom is 0.135 e. The van der Waals surface area contributed by atoms with Crippen LogP contribution in [-0.2, 0) is 0 Å². The van der Waals surface area contributed by atoms with Crippen molar-refractivity contribution in [3.05, 3.63) is 66.6 Å². The summed E-state index contributed by atoms with van der Waals surface area (Å²) in [5.74, 6) is 0. The Kier molecular flexibility index (Phi) is 4.66. The van der Waals surface area contributed by atoms with E-state index in [9.17, 15) is 0 Å². The summed E-state index contributed by atoms with van der Waals surface area (Å²) in [7, 11) is 0. The van der Waals surface area contributed by atoms with Crippen molar-refractivity contribution in [2.75, 3.05) is 5.32 Å². The molecule has 0 saturated heterocycles. The molecule has 7 nitrogen and oxygen atoms in total. The second-order valence-electron chi connectivity index (χ2n) is 8.23. The smallest absolute Gasteiger partial charge is 0.135 e. The summed E-state index contributed by atoms with van der Waals surface area (Å²) >= 11 is 1.71. The maximum atomic E-state index is 4.95. The van der Waals surface area contributed by atoms with E-state index in [0.717, 1.165) is 55.8 Å². The normalized spacial score (nSPS) is 11.6. The Bertz CT molecular complexity index is 1580. The lowest BCUT2D eigenvalue weighted by Gasteiger charge is -2.10. The number of nitrogens with one attached hydrogen (secondary N) is 3. The van der Waals surface area contributed by atoms with Crippen LogP contribution in [0.5, 0.6) is 0 Å². The minimum atomic E-state index is 0.327. The highest BCUT2D eigenvalue weighted by Crippen LogP contribution is 2.35. The second-order valence-corrected chi connectivity index (χ2v) is 9.18. The van der Waals surface area contributed by atoms with Crippen molar-refractivity contribution in [3.8, 4) is 33.1 Å². The first-order valence-corrected chi connectivity index (χ1v) is 11.6. The molecule has 6 heterocycles. The molecular formula is C25H21N7S. The minimum absolute atomic E-state index is 0.327. The van der Waals surface area contributed by atoms with Crippen molar-refractivity contribution >= 4 is 39.0 Å². The Labute approximate surface area is 194 Å². The molecule has 162 valence electrons. The van der Waals surface area contributed by atoms with Crippen molar-refractivity contribution < 1.29 is 0 Å². The first-order chi connectivity index (χ1) is 16.2. The van der Waals surface area contributed by atoms with Crippen molar-refractivity contribution in [2.45, 2.75) is 19.9 Å². The molecule has 0 fully saturated rings. The van der Waals surface area contributed by atoms with Crippen LogP contribution in [0.25, 0.3) is 55.0 Å². The predicted molar refractivity (Wildman–Crippen MR) is 134 cm³/mol. The number of pyridine rings is 3. The van der Waals surface area contributed by atoms with Crippen LogP contribution in [0, 0.1) is 0 Å². The van der Waals surface area contributed by atoms with Crippen LogP contribution in [0.15, 0.2) is 66.6 Å². The van der Waals surface area contributed by atoms with E-state index in [2.05, 4.69) is 74.0 Å². The summed E-state index contributed by atoms with van der Waals surface area (Å²) < 4.78 is 0. The third-order valence-electron chi connectivity index (χ3n) is 5.48. The molecular weight excluding hydrogens is 430 g/mol. The Morgan fingerprint density at radius 1 is 0.970 bits per heavy atom. The van der Waals surface area contributed by atoms with E-state index in [1.807, 2.05) is 36.9 Å². The number of hydrogen-bond acceptors (Lipinski definition) is 6. The van der Waals surface area contributed by atoms with Crippen LogP contribution in [0.4, 0.5) is 5.69 Å². The lowest BCUT2D eigenvalue weighted by atomic mass is 10.1. The SMILES string of the molecule is CC(C)Nc1cncc(-c2ccc3[nH]nc(-c4cc5c(-c6cccs6)cncc5[nH]4)c3n2)c1. The van der Waals surface area contributed by atoms with Gasteiger partial charge in [-0.2, -0.15) is 5.10 Å². The Morgan fingerprint density at radius 2 is 1.88 bits per heavy atom. The van der Waals surface area contributed by atoms with E-state index in [4.69, 9.17) is 4.98 Å². The van der Waals surface area contributed by atoms with E-state index < -0.39 is 0 Å². The molecule has 33 heavy (non-hydrogen) atoms. The predicted octanol–water partition coefficient (Wildman–Crippen LogP) is 6.11. The Morgan fingerprint density at radius 3 is 2.73 bits per heavy atom. The molecule has 0 unspecified atom stereocenters. The molecule has 6 aromatic rings. The molecule has 0 bridgehead atoms. The van der Waals surface area contributed by atoms with E-state index in [-0.39, 0.29) is 0 Å². The molecule has 0 aliphatic heterocycles. The lowest BCUT2D eigenvalue weighted by Crippen LogP contribution is -2.09. The van der Waals surface area contributed by atoms with Gasteiger partial charge in [0.25, 0.3) is 0 Å². The topological polar surface area (TPSA) is 95.2 Å². The zero-order valence-corrected chi connectivity index (χ0v) is 18.9. The zero-order valence-electron chi connectivity index (χ0n) is 18.1. The van der Waals surface area contributed by atoms with Crippen molar-refractivity contribution in [2.24, 2.45) is 0 Å². The van der Waals surface area contributed by atoms with Crippen LogP contribution in [0.3, 0.4) is 0 Å². The van der Waals surface area contributed by atoms with Crippen LogP contribution in [0.2, 0.25) is 0 Å². The van der Waals surface area contributed by atoms with Crippen LogP contribution < -0.4 is 5.32 Å². The second kappa shape index (κ2) is 7.83. The van der Waals surface area contributed by atoms with E-state index >= 15 is 0 Å². The molecule has 0 aliphatic rings. The summed E-state index contributed by atoms with van der Waals surface area (Å²) in [4.78, 5) is 18.4. The van der Waals surface area contributed by atoms with Gasteiger partial charge in [0.2, 0.25) is 0 Å². The molecule has 0 aromatic carbocycles. The van der Waals surface area contributed by atoms with Crippen molar-refractivity contribution in [1.82, 2.24) is 30.1 Å². The number of aromatic nitrogens is 6. The number of anilines is 1. The van der Waals surface area contributed by atoms with Gasteiger partial charge in [0, 0.05) is 46.0 Å². The fourth-order valence-electron chi connectivity index (χ4n) is 4.05. The average Bonchev–Trinajstić information content (AvgIpc) is 3.57. The summed E-state index contributed by atoms with van der Waals surface area (Å²) in [5.41, 5.74) is 8.24. The number of thiophene rings is 1. The highest BCUT2D eigenvalue weighted by atomic mass is 32.1. The van der Waals surface area contributed by atoms with Gasteiger partial charge in [-0.1, -0.05) is 6.07 Å². The summed E-state index contributed by atoms with van der Waals surface area (Å²) in [6.45, 7) is 4.21. The van der Waals surface area contributed by atoms with Crippen molar-refractivity contribution in [3.63, 3.8) is 0 Å². The van der Waals surface area contributed by atoms with Gasteiger partial charge in [-0.3, -0.25) is 15.1 Å². The summed E-state index contributed by atoms with van der Waals surface area (Å²) in [6.07, 6.45) is 7.43. The average molecular weight is 452 g/mol. The maximum absolute atomic E-state index is 4.95. The minimum Gasteiger partial charge on any atom is -0.382 e. The number of H-pyrrole nitrogens is 2. The highest BCUT2D eigenvalue weighted by molar-refractivity contribution is 7.13. The van der Waals surface area contributed by atoms with Gasteiger partial charge in [0.05, 0.1) is 34.3 Å². The number of hydrogen-bond donors (Lipinski definition) is 3. The summed E-state index contributed by atoms with van der Waals surface area (Å²) in [6, 6.07) is 12.7. The molecule has 0 atom stereocenters. The van der Waals surface area contributed by atoms with E-state index in [1.165, 1.54) is 4.88 Å². The monoisotopic (exact) mass is 451 g/mol. The largest absolute Gasteiger partial charge is 0.382 e. The fraction of sp³-hybridized carbons (Fsp3) is 0.120. The molecule has 0 amide bonds. The van der Waals surface area contributed by atoms with E-state index in [1.54, 1.807) is 11.3 Å². The summed E-state index contributed by atoms with van der Waals surface area (Å²) in [5, 5.41) is 14.3. The highest BCUT2D eigenvalue weighted by Gasteiger charge is 2.16. The van der Waals surface area contributed by atoms with Gasteiger partial charge in [-0.05, 0) is 49.6 Å². The standard InChI is InChI=1S/C25H21N7S/c1-14(2)28-16-8-15(10-26-11-16)19-5-6-20-24(30-19)25(32-31-20)21-9-17-18(23-4-3-7-33-23)12-27-13-22(17)29-21/h3-14,28-29H,1-2H3,(H,31,32). The number of aromatic amines is 2. The zero-order chi connectivity index (χ0) is 22.4. The molecule has 6 aromatic heterocycles. The Hall–Kier alpha value is -4.04. The van der Waals surface area contributed by atoms with Crippen LogP contribution in [-0.4, -0.2) is 36.2 Å². The van der Waals surface area contributed by atoms with Gasteiger partial charge < -0.3 is 10.3 Å². The molecule has 8 heteroatoms. The molecule has 6 rings (SSSR count). The van der Waals surface area contributed by atoms with Gasteiger partial charge in [0.1, 0.15) is 11.2 Å². The molecule has 3 N–H and O–H groups in total. The quantitative estimate of drug-likeness (QED) is 0.294. The van der Waals surface area contributed by atoms with Gasteiger partial charge in [-0.25, -0.2) is 4.98 Å². The third-order valence-corrected chi connectivity index (χ3v) is 6.39. The molecule has 0 saturated carbocycles. The van der Waals surface area contributed by atoms with Crippen molar-refractivity contribution in [1.29, 1.82) is 0 Å². The first kappa shape index (κ1) is 19.6. The van der Waals surface area contributed by atoms with Gasteiger partial charge in [0.15, 0.2) is 0 Å². The molecule has 0 spiro atoms. The molecule has 0 radical (unpaired) electrons. The number of fused-ring (bicyclic) bond motifs is 2. The number of nitrogens with zero attached hydrogens (tertiary/aromatic N) is 4. The first-order valence-electron chi connectivity index (χ1n) is 10.7. The number of rotatable bonds is 5. The Balaban J connectivity index is 1.45. The van der Waals surface area contributed by atoms with Gasteiger partial charge in [-0.15, -0.1) is 11.3 Å². The molecule has 0 aliphatic carbocycles. The van der Waals surface area contributed by atoms with Crippen LogP contribution >= 0.6 is 11.3 Å².